The van der Waals surface area contributed by atoms with Crippen LogP contribution in [0, 0.1) is 0 Å². The average Bonchev–Trinajstić information content (AvgIpc) is 3.11. The number of anilines is 3. The second-order valence-electron chi connectivity index (χ2n) is 6.53. The third-order valence-corrected chi connectivity index (χ3v) is 5.57. The van der Waals surface area contributed by atoms with Crippen LogP contribution >= 0.6 is 22.9 Å². The Balaban J connectivity index is 1.49. The molecule has 4 rings (SSSR count). The van der Waals surface area contributed by atoms with Gasteiger partial charge in [0.1, 0.15) is 12.3 Å². The van der Waals surface area contributed by atoms with Crippen molar-refractivity contribution < 1.29 is 19.1 Å². The van der Waals surface area contributed by atoms with Crippen LogP contribution in [0.15, 0.2) is 36.4 Å². The Labute approximate surface area is 180 Å². The minimum absolute atomic E-state index is 0.113. The van der Waals surface area contributed by atoms with Crippen molar-refractivity contribution in [2.75, 3.05) is 28.7 Å². The van der Waals surface area contributed by atoms with Crippen molar-refractivity contribution in [3.8, 4) is 5.75 Å². The summed E-state index contributed by atoms with van der Waals surface area (Å²) < 4.78 is 6.21. The van der Waals surface area contributed by atoms with E-state index in [-0.39, 0.29) is 30.9 Å². The van der Waals surface area contributed by atoms with Crippen LogP contribution in [-0.4, -0.2) is 35.9 Å². The van der Waals surface area contributed by atoms with Crippen molar-refractivity contribution >= 4 is 67.4 Å². The molecule has 3 aromatic rings. The summed E-state index contributed by atoms with van der Waals surface area (Å²) in [5.41, 5.74) is 1.75. The molecule has 1 aliphatic heterocycles. The van der Waals surface area contributed by atoms with Gasteiger partial charge in [0, 0.05) is 17.1 Å². The Hall–Kier alpha value is -3.17. The molecule has 8 nitrogen and oxygen atoms in total. The van der Waals surface area contributed by atoms with E-state index in [0.29, 0.717) is 33.7 Å². The van der Waals surface area contributed by atoms with E-state index >= 15 is 0 Å². The van der Waals surface area contributed by atoms with Gasteiger partial charge in [-0.05, 0) is 36.4 Å². The first kappa shape index (κ1) is 20.1. The number of fused-ring (bicyclic) bond motifs is 2. The second-order valence-corrected chi connectivity index (χ2v) is 8.00. The molecule has 0 aliphatic carbocycles. The van der Waals surface area contributed by atoms with Gasteiger partial charge in [-0.3, -0.25) is 19.3 Å². The summed E-state index contributed by atoms with van der Waals surface area (Å²) in [6.07, 6.45) is 0.367. The molecule has 0 radical (unpaired) electrons. The zero-order valence-electron chi connectivity index (χ0n) is 15.9. The number of nitrogens with zero attached hydrogens (tertiary/aromatic N) is 2. The van der Waals surface area contributed by atoms with Crippen molar-refractivity contribution in [3.63, 3.8) is 0 Å². The van der Waals surface area contributed by atoms with Gasteiger partial charge in [-0.1, -0.05) is 29.9 Å². The number of halogens is 1. The van der Waals surface area contributed by atoms with E-state index < -0.39 is 0 Å². The Kier molecular flexibility index (Phi) is 5.56. The molecule has 0 atom stereocenters. The average molecular weight is 445 g/mol. The number of ether oxygens (including phenoxy) is 1. The van der Waals surface area contributed by atoms with Crippen LogP contribution in [0.1, 0.15) is 13.3 Å². The second kappa shape index (κ2) is 8.29. The molecule has 1 aromatic heterocycles. The fourth-order valence-corrected chi connectivity index (χ4v) is 4.04. The predicted octanol–water partition coefficient (Wildman–Crippen LogP) is 3.66. The number of carbonyl (C=O) groups excluding carboxylic acids is 3. The summed E-state index contributed by atoms with van der Waals surface area (Å²) in [5, 5.41) is 6.47. The van der Waals surface area contributed by atoms with E-state index in [2.05, 4.69) is 15.6 Å². The number of nitrogens with one attached hydrogen (secondary N) is 2. The van der Waals surface area contributed by atoms with Crippen molar-refractivity contribution in [1.29, 1.82) is 0 Å². The van der Waals surface area contributed by atoms with Crippen molar-refractivity contribution in [2.45, 2.75) is 13.3 Å². The standard InChI is InChI=1S/C20H17ClN4O4S/c1-2-17(26)24-20-23-13-5-4-12(8-16(13)30-20)22-18(27)9-25-14-7-11(21)3-6-15(14)29-10-19(25)28/h3-8H,2,9-10H2,1H3,(H,22,27)(H,23,24,26). The maximum absolute atomic E-state index is 12.6. The quantitative estimate of drug-likeness (QED) is 0.625. The Morgan fingerprint density at radius 2 is 2.03 bits per heavy atom. The van der Waals surface area contributed by atoms with Gasteiger partial charge in [0.25, 0.3) is 5.91 Å². The zero-order chi connectivity index (χ0) is 21.3. The molecule has 0 saturated heterocycles. The van der Waals surface area contributed by atoms with Crippen molar-refractivity contribution in [1.82, 2.24) is 4.98 Å². The Morgan fingerprint density at radius 1 is 1.20 bits per heavy atom. The molecule has 30 heavy (non-hydrogen) atoms. The molecule has 2 N–H and O–H groups in total. The van der Waals surface area contributed by atoms with Crippen molar-refractivity contribution in [2.24, 2.45) is 0 Å². The van der Waals surface area contributed by atoms with E-state index in [4.69, 9.17) is 16.3 Å². The van der Waals surface area contributed by atoms with Gasteiger partial charge >= 0.3 is 0 Å². The highest BCUT2D eigenvalue weighted by atomic mass is 35.5. The number of benzene rings is 2. The Morgan fingerprint density at radius 3 is 2.83 bits per heavy atom. The molecule has 0 unspecified atom stereocenters. The number of hydrogen-bond donors (Lipinski definition) is 2. The molecule has 154 valence electrons. The fourth-order valence-electron chi connectivity index (χ4n) is 2.96. The lowest BCUT2D eigenvalue weighted by atomic mass is 10.2. The van der Waals surface area contributed by atoms with Gasteiger partial charge in [-0.2, -0.15) is 0 Å². The first-order chi connectivity index (χ1) is 14.4. The number of aromatic nitrogens is 1. The zero-order valence-corrected chi connectivity index (χ0v) is 17.5. The van der Waals surface area contributed by atoms with Gasteiger partial charge in [0.15, 0.2) is 11.7 Å². The summed E-state index contributed by atoms with van der Waals surface area (Å²) >= 11 is 7.35. The number of thiazole rings is 1. The third kappa shape index (κ3) is 4.22. The number of rotatable bonds is 5. The lowest BCUT2D eigenvalue weighted by molar-refractivity contribution is -0.123. The lowest BCUT2D eigenvalue weighted by Gasteiger charge is -2.29. The van der Waals surface area contributed by atoms with Gasteiger partial charge in [-0.15, -0.1) is 0 Å². The van der Waals surface area contributed by atoms with Crippen LogP contribution in [0.25, 0.3) is 10.2 Å². The van der Waals surface area contributed by atoms with Crippen LogP contribution in [0.2, 0.25) is 5.02 Å². The summed E-state index contributed by atoms with van der Waals surface area (Å²) in [6, 6.07) is 10.2. The highest BCUT2D eigenvalue weighted by Gasteiger charge is 2.27. The number of hydrogen-bond acceptors (Lipinski definition) is 6. The van der Waals surface area contributed by atoms with Gasteiger partial charge in [-0.25, -0.2) is 4.98 Å². The molecule has 3 amide bonds. The largest absolute Gasteiger partial charge is 0.482 e. The first-order valence-electron chi connectivity index (χ1n) is 9.16. The molecule has 0 fully saturated rings. The van der Waals surface area contributed by atoms with Crippen molar-refractivity contribution in [3.05, 3.63) is 41.4 Å². The SMILES string of the molecule is CCC(=O)Nc1nc2ccc(NC(=O)CN3C(=O)COc4ccc(Cl)cc43)cc2s1. The molecular formula is C20H17ClN4O4S. The molecule has 0 saturated carbocycles. The minimum atomic E-state index is -0.362. The van der Waals surface area contributed by atoms with Crippen LogP contribution in [0.4, 0.5) is 16.5 Å². The fraction of sp³-hybridized carbons (Fsp3) is 0.200. The third-order valence-electron chi connectivity index (χ3n) is 4.41. The number of carbonyl (C=O) groups is 3. The van der Waals surface area contributed by atoms with E-state index in [1.807, 2.05) is 0 Å². The first-order valence-corrected chi connectivity index (χ1v) is 10.4. The predicted molar refractivity (Wildman–Crippen MR) is 116 cm³/mol. The summed E-state index contributed by atoms with van der Waals surface area (Å²) in [7, 11) is 0. The Bertz CT molecular complexity index is 1160. The molecule has 2 heterocycles. The summed E-state index contributed by atoms with van der Waals surface area (Å²) in [6.45, 7) is 1.46. The molecule has 0 bridgehead atoms. The van der Waals surface area contributed by atoms with E-state index in [0.717, 1.165) is 10.2 Å². The molecule has 1 aliphatic rings. The molecule has 10 heteroatoms. The highest BCUT2D eigenvalue weighted by Crippen LogP contribution is 2.34. The van der Waals surface area contributed by atoms with E-state index in [9.17, 15) is 14.4 Å². The minimum Gasteiger partial charge on any atom is -0.482 e. The lowest BCUT2D eigenvalue weighted by Crippen LogP contribution is -2.43. The van der Waals surface area contributed by atoms with Gasteiger partial charge < -0.3 is 15.4 Å². The monoisotopic (exact) mass is 444 g/mol. The number of amides is 3. The van der Waals surface area contributed by atoms with Crippen LogP contribution in [0.5, 0.6) is 5.75 Å². The maximum Gasteiger partial charge on any atom is 0.265 e. The van der Waals surface area contributed by atoms with E-state index in [1.54, 1.807) is 43.3 Å². The summed E-state index contributed by atoms with van der Waals surface area (Å²) in [5.74, 6) is -0.300. The van der Waals surface area contributed by atoms with Gasteiger partial charge in [0.05, 0.1) is 15.9 Å². The van der Waals surface area contributed by atoms with Crippen LogP contribution < -0.4 is 20.3 Å². The topological polar surface area (TPSA) is 101 Å². The molecular weight excluding hydrogens is 428 g/mol. The molecule has 0 spiro atoms. The molecule has 2 aromatic carbocycles. The van der Waals surface area contributed by atoms with Crippen LogP contribution in [-0.2, 0) is 14.4 Å². The van der Waals surface area contributed by atoms with Gasteiger partial charge in [0.2, 0.25) is 11.8 Å². The highest BCUT2D eigenvalue weighted by molar-refractivity contribution is 7.22. The van der Waals surface area contributed by atoms with Crippen LogP contribution in [0.3, 0.4) is 0 Å². The maximum atomic E-state index is 12.6. The normalized spacial score (nSPS) is 13.0. The summed E-state index contributed by atoms with van der Waals surface area (Å²) in [4.78, 5) is 42.1. The van der Waals surface area contributed by atoms with E-state index in [1.165, 1.54) is 16.2 Å². The smallest absolute Gasteiger partial charge is 0.265 e.